The third-order valence-corrected chi connectivity index (χ3v) is 5.45. The molecule has 0 spiro atoms. The van der Waals surface area contributed by atoms with Crippen molar-refractivity contribution in [3.8, 4) is 17.2 Å². The Labute approximate surface area is 205 Å². The predicted molar refractivity (Wildman–Crippen MR) is 135 cm³/mol. The van der Waals surface area contributed by atoms with E-state index in [1.807, 2.05) is 48.5 Å². The minimum Gasteiger partial charge on any atom is -0.487 e. The van der Waals surface area contributed by atoms with Crippen molar-refractivity contribution in [3.05, 3.63) is 103 Å². The molecule has 7 heteroatoms. The Kier molecular flexibility index (Phi) is 8.37. The van der Waals surface area contributed by atoms with Crippen LogP contribution in [0.2, 0.25) is 0 Å². The van der Waals surface area contributed by atoms with E-state index in [0.29, 0.717) is 19.7 Å². The molecule has 35 heavy (non-hydrogen) atoms. The van der Waals surface area contributed by atoms with E-state index < -0.39 is 0 Å². The van der Waals surface area contributed by atoms with Gasteiger partial charge in [-0.15, -0.1) is 0 Å². The quantitative estimate of drug-likeness (QED) is 0.324. The smallest absolute Gasteiger partial charge is 0.293 e. The van der Waals surface area contributed by atoms with Crippen molar-refractivity contribution in [1.29, 1.82) is 0 Å². The number of para-hydroxylation sites is 2. The van der Waals surface area contributed by atoms with Crippen LogP contribution in [-0.2, 0) is 16.1 Å². The molecule has 4 aromatic rings. The van der Waals surface area contributed by atoms with Crippen LogP contribution in [0.15, 0.2) is 97.6 Å². The largest absolute Gasteiger partial charge is 0.487 e. The summed E-state index contributed by atoms with van der Waals surface area (Å²) in [6.45, 7) is 4.94. The molecule has 0 bridgehead atoms. The summed E-state index contributed by atoms with van der Waals surface area (Å²) >= 11 is 0. The molecule has 0 atom stereocenters. The van der Waals surface area contributed by atoms with Crippen LogP contribution in [-0.4, -0.2) is 41.8 Å². The van der Waals surface area contributed by atoms with E-state index in [9.17, 15) is 4.79 Å². The minimum absolute atomic E-state index is 0.195. The second-order valence-corrected chi connectivity index (χ2v) is 7.90. The molecular formula is C28H29N3O4. The fourth-order valence-corrected chi connectivity index (χ4v) is 3.68. The van der Waals surface area contributed by atoms with Crippen molar-refractivity contribution >= 4 is 12.2 Å². The lowest BCUT2D eigenvalue weighted by Crippen LogP contribution is -2.54. The number of benzene rings is 2. The van der Waals surface area contributed by atoms with Crippen LogP contribution < -0.4 is 14.4 Å². The fourth-order valence-electron chi connectivity index (χ4n) is 3.68. The van der Waals surface area contributed by atoms with Crippen molar-refractivity contribution < 1.29 is 19.0 Å². The number of hydrogen-bond donors (Lipinski definition) is 0. The minimum atomic E-state index is 0.195. The molecule has 180 valence electrons. The molecule has 2 aromatic carbocycles. The number of ether oxygens (including phenoxy) is 3. The average molecular weight is 472 g/mol. The number of hydrogen-bond acceptors (Lipinski definition) is 6. The number of rotatable bonds is 9. The van der Waals surface area contributed by atoms with Gasteiger partial charge in [-0.05, 0) is 61.0 Å². The summed E-state index contributed by atoms with van der Waals surface area (Å²) in [6.07, 6.45) is 7.80. The highest BCUT2D eigenvalue weighted by Gasteiger charge is 2.30. The van der Waals surface area contributed by atoms with Crippen molar-refractivity contribution in [1.82, 2.24) is 9.55 Å². The first kappa shape index (κ1) is 23.9. The first-order valence-electron chi connectivity index (χ1n) is 11.6. The summed E-state index contributed by atoms with van der Waals surface area (Å²) < 4.78 is 18.2. The molecule has 1 saturated heterocycles. The third kappa shape index (κ3) is 6.63. The van der Waals surface area contributed by atoms with E-state index >= 15 is 0 Å². The number of anilines is 1. The van der Waals surface area contributed by atoms with Crippen molar-refractivity contribution in [2.75, 3.05) is 24.6 Å². The lowest BCUT2D eigenvalue weighted by Gasteiger charge is -2.41. The molecule has 0 radical (unpaired) electrons. The van der Waals surface area contributed by atoms with Gasteiger partial charge in [0.05, 0.1) is 37.3 Å². The zero-order valence-corrected chi connectivity index (χ0v) is 19.7. The third-order valence-electron chi connectivity index (χ3n) is 5.45. The Bertz CT molecular complexity index is 1160. The number of aromatic nitrogens is 2. The van der Waals surface area contributed by atoms with E-state index in [1.54, 1.807) is 19.3 Å². The van der Waals surface area contributed by atoms with E-state index in [-0.39, 0.29) is 6.10 Å². The summed E-state index contributed by atoms with van der Waals surface area (Å²) in [4.78, 5) is 15.6. The Morgan fingerprint density at radius 2 is 1.66 bits per heavy atom. The molecule has 1 fully saturated rings. The molecule has 2 aromatic heterocycles. The van der Waals surface area contributed by atoms with Gasteiger partial charge >= 0.3 is 0 Å². The normalized spacial score (nSPS) is 12.7. The van der Waals surface area contributed by atoms with Gasteiger partial charge < -0.3 is 23.7 Å². The van der Waals surface area contributed by atoms with Gasteiger partial charge in [0.15, 0.2) is 0 Å². The lowest BCUT2D eigenvalue weighted by atomic mass is 10.1. The van der Waals surface area contributed by atoms with Crippen LogP contribution in [0, 0.1) is 0 Å². The van der Waals surface area contributed by atoms with Gasteiger partial charge in [0.1, 0.15) is 24.2 Å². The Morgan fingerprint density at radius 3 is 2.29 bits per heavy atom. The van der Waals surface area contributed by atoms with Crippen LogP contribution in [0.1, 0.15) is 12.5 Å². The summed E-state index contributed by atoms with van der Waals surface area (Å²) in [6, 6.07) is 24.5. The van der Waals surface area contributed by atoms with Crippen molar-refractivity contribution in [2.24, 2.45) is 0 Å². The van der Waals surface area contributed by atoms with Crippen LogP contribution in [0.5, 0.6) is 11.5 Å². The molecule has 1 aliphatic heterocycles. The van der Waals surface area contributed by atoms with Crippen molar-refractivity contribution in [2.45, 2.75) is 19.6 Å². The van der Waals surface area contributed by atoms with Crippen LogP contribution in [0.3, 0.4) is 0 Å². The second kappa shape index (κ2) is 12.3. The van der Waals surface area contributed by atoms with Crippen LogP contribution in [0.25, 0.3) is 5.69 Å². The molecule has 0 N–H and O–H groups in total. The molecule has 1 aliphatic rings. The van der Waals surface area contributed by atoms with Crippen molar-refractivity contribution in [3.63, 3.8) is 0 Å². The van der Waals surface area contributed by atoms with Crippen LogP contribution in [0.4, 0.5) is 5.69 Å². The van der Waals surface area contributed by atoms with Crippen LogP contribution >= 0.6 is 0 Å². The first-order valence-corrected chi connectivity index (χ1v) is 11.6. The highest BCUT2D eigenvalue weighted by atomic mass is 16.5. The first-order chi connectivity index (χ1) is 17.3. The highest BCUT2D eigenvalue weighted by Crippen LogP contribution is 2.30. The Balaban J connectivity index is 0.000000527. The topological polar surface area (TPSA) is 65.8 Å². The molecule has 0 amide bonds. The summed E-state index contributed by atoms with van der Waals surface area (Å²) in [7, 11) is 0. The predicted octanol–water partition coefficient (Wildman–Crippen LogP) is 4.90. The fraction of sp³-hybridized carbons (Fsp3) is 0.214. The maximum Gasteiger partial charge on any atom is 0.293 e. The number of carbonyl (C=O) groups excluding carboxylic acids is 1. The Morgan fingerprint density at radius 1 is 0.914 bits per heavy atom. The molecule has 0 unspecified atom stereocenters. The van der Waals surface area contributed by atoms with Gasteiger partial charge in [-0.3, -0.25) is 9.78 Å². The molecule has 7 nitrogen and oxygen atoms in total. The van der Waals surface area contributed by atoms with Gasteiger partial charge in [0.2, 0.25) is 0 Å². The molecule has 5 rings (SSSR count). The summed E-state index contributed by atoms with van der Waals surface area (Å²) in [5, 5.41) is 0. The number of nitrogens with zero attached hydrogens (tertiary/aromatic N) is 3. The maximum atomic E-state index is 9.18. The van der Waals surface area contributed by atoms with Gasteiger partial charge in [-0.1, -0.05) is 24.3 Å². The van der Waals surface area contributed by atoms with E-state index in [0.717, 1.165) is 30.2 Å². The van der Waals surface area contributed by atoms with E-state index in [4.69, 9.17) is 9.47 Å². The maximum absolute atomic E-state index is 9.18. The lowest BCUT2D eigenvalue weighted by molar-refractivity contribution is -0.128. The number of pyridine rings is 1. The SMILES string of the molecule is CCOC=O.c1cncc(OCc2ccc(OC3CN(c4ccccc4-n4cccc4)C3)cc2)c1. The molecular weight excluding hydrogens is 442 g/mol. The Hall–Kier alpha value is -4.26. The van der Waals surface area contributed by atoms with E-state index in [1.165, 1.54) is 11.4 Å². The van der Waals surface area contributed by atoms with E-state index in [2.05, 4.69) is 55.8 Å². The average Bonchev–Trinajstić information content (AvgIpc) is 3.42. The molecule has 0 aliphatic carbocycles. The highest BCUT2D eigenvalue weighted by molar-refractivity contribution is 5.64. The standard InChI is InChI=1S/C25H23N3O2.C3H6O2/c1-2-8-25(24(7-1)27-14-3-4-15-27)28-17-23(18-28)30-21-11-9-20(10-12-21)19-29-22-6-5-13-26-16-22;1-2-5-3-4/h1-16,23H,17-19H2;3H,2H2,1H3. The monoisotopic (exact) mass is 471 g/mol. The summed E-state index contributed by atoms with van der Waals surface area (Å²) in [5.41, 5.74) is 3.53. The zero-order chi connectivity index (χ0) is 24.3. The molecule has 3 heterocycles. The zero-order valence-electron chi connectivity index (χ0n) is 19.7. The summed E-state index contributed by atoms with van der Waals surface area (Å²) in [5.74, 6) is 1.66. The van der Waals surface area contributed by atoms with Gasteiger partial charge in [-0.2, -0.15) is 0 Å². The van der Waals surface area contributed by atoms with Gasteiger partial charge in [0.25, 0.3) is 6.47 Å². The van der Waals surface area contributed by atoms with Gasteiger partial charge in [0, 0.05) is 18.6 Å². The second-order valence-electron chi connectivity index (χ2n) is 7.90. The van der Waals surface area contributed by atoms with Gasteiger partial charge in [-0.25, -0.2) is 0 Å². The molecule has 0 saturated carbocycles. The number of carbonyl (C=O) groups is 1.